The SMILES string of the molecule is Cc1noc(C)c1S(=O)(=O)N1CCN(C(=O)Cc2ccc(-n3cccn3)cc2)CC1. The van der Waals surface area contributed by atoms with Crippen LogP contribution in [0.5, 0.6) is 0 Å². The van der Waals surface area contributed by atoms with E-state index in [4.69, 9.17) is 4.52 Å². The summed E-state index contributed by atoms with van der Waals surface area (Å²) in [6.07, 6.45) is 3.84. The summed E-state index contributed by atoms with van der Waals surface area (Å²) >= 11 is 0. The number of nitrogens with zero attached hydrogens (tertiary/aromatic N) is 5. The standard InChI is InChI=1S/C20H23N5O4S/c1-15-20(16(2)29-22-15)30(27,28)24-12-10-23(11-13-24)19(26)14-17-4-6-18(7-5-17)25-9-3-8-21-25/h3-9H,10-14H2,1-2H3. The fourth-order valence-corrected chi connectivity index (χ4v) is 5.34. The van der Waals surface area contributed by atoms with Gasteiger partial charge >= 0.3 is 0 Å². The van der Waals surface area contributed by atoms with E-state index in [-0.39, 0.29) is 36.1 Å². The Morgan fingerprint density at radius 3 is 2.37 bits per heavy atom. The molecule has 3 aromatic rings. The molecule has 0 bridgehead atoms. The molecule has 0 unspecified atom stereocenters. The number of piperazine rings is 1. The molecule has 30 heavy (non-hydrogen) atoms. The van der Waals surface area contributed by atoms with Crippen LogP contribution >= 0.6 is 0 Å². The van der Waals surface area contributed by atoms with Gasteiger partial charge in [0.05, 0.1) is 12.1 Å². The zero-order chi connectivity index (χ0) is 21.3. The quantitative estimate of drug-likeness (QED) is 0.610. The van der Waals surface area contributed by atoms with E-state index in [0.717, 1.165) is 11.3 Å². The zero-order valence-electron chi connectivity index (χ0n) is 16.9. The van der Waals surface area contributed by atoms with Gasteiger partial charge in [0, 0.05) is 38.6 Å². The molecule has 158 valence electrons. The summed E-state index contributed by atoms with van der Waals surface area (Å²) < 4.78 is 34.0. The van der Waals surface area contributed by atoms with Gasteiger partial charge in [0.15, 0.2) is 5.76 Å². The molecule has 4 rings (SSSR count). The minimum Gasteiger partial charge on any atom is -0.360 e. The first kappa shape index (κ1) is 20.3. The van der Waals surface area contributed by atoms with Gasteiger partial charge in [-0.15, -0.1) is 0 Å². The van der Waals surface area contributed by atoms with Crippen LogP contribution in [0.3, 0.4) is 0 Å². The molecule has 0 atom stereocenters. The molecular weight excluding hydrogens is 406 g/mol. The van der Waals surface area contributed by atoms with Gasteiger partial charge < -0.3 is 9.42 Å². The monoisotopic (exact) mass is 429 g/mol. The summed E-state index contributed by atoms with van der Waals surface area (Å²) in [6, 6.07) is 9.51. The molecule has 9 nitrogen and oxygen atoms in total. The van der Waals surface area contributed by atoms with Crippen molar-refractivity contribution >= 4 is 15.9 Å². The van der Waals surface area contributed by atoms with Crippen LogP contribution in [0.15, 0.2) is 52.1 Å². The number of aryl methyl sites for hydroxylation is 2. The number of hydrogen-bond donors (Lipinski definition) is 0. The minimum atomic E-state index is -3.68. The highest BCUT2D eigenvalue weighted by atomic mass is 32.2. The molecule has 1 saturated heterocycles. The Hall–Kier alpha value is -2.98. The number of hydrogen-bond acceptors (Lipinski definition) is 6. The van der Waals surface area contributed by atoms with E-state index in [0.29, 0.717) is 18.8 Å². The van der Waals surface area contributed by atoms with Crippen molar-refractivity contribution in [3.05, 3.63) is 59.7 Å². The van der Waals surface area contributed by atoms with Crippen LogP contribution in [-0.2, 0) is 21.2 Å². The third-order valence-corrected chi connectivity index (χ3v) is 7.36. The van der Waals surface area contributed by atoms with Crippen LogP contribution in [0.1, 0.15) is 17.0 Å². The number of amides is 1. The van der Waals surface area contributed by atoms with E-state index in [2.05, 4.69) is 10.3 Å². The van der Waals surface area contributed by atoms with Gasteiger partial charge in [-0.25, -0.2) is 13.1 Å². The Labute approximate surface area is 174 Å². The van der Waals surface area contributed by atoms with Crippen molar-refractivity contribution in [1.82, 2.24) is 24.1 Å². The topological polar surface area (TPSA) is 102 Å². The lowest BCUT2D eigenvalue weighted by Gasteiger charge is -2.34. The highest BCUT2D eigenvalue weighted by Gasteiger charge is 2.34. The average molecular weight is 430 g/mol. The van der Waals surface area contributed by atoms with E-state index in [1.54, 1.807) is 29.6 Å². The summed E-state index contributed by atoms with van der Waals surface area (Å²) in [5.41, 5.74) is 2.18. The molecule has 1 amide bonds. The van der Waals surface area contributed by atoms with Gasteiger partial charge in [-0.2, -0.15) is 9.40 Å². The molecule has 10 heteroatoms. The molecule has 3 heterocycles. The summed E-state index contributed by atoms with van der Waals surface area (Å²) in [4.78, 5) is 14.5. The number of rotatable bonds is 5. The van der Waals surface area contributed by atoms with Crippen molar-refractivity contribution in [3.63, 3.8) is 0 Å². The van der Waals surface area contributed by atoms with E-state index in [9.17, 15) is 13.2 Å². The first-order valence-corrected chi connectivity index (χ1v) is 11.1. The molecule has 1 aliphatic rings. The van der Waals surface area contributed by atoms with Crippen molar-refractivity contribution in [1.29, 1.82) is 0 Å². The number of benzene rings is 1. The van der Waals surface area contributed by atoms with Crippen LogP contribution in [0.4, 0.5) is 0 Å². The maximum Gasteiger partial charge on any atom is 0.248 e. The summed E-state index contributed by atoms with van der Waals surface area (Å²) in [7, 11) is -3.68. The molecule has 0 spiro atoms. The highest BCUT2D eigenvalue weighted by molar-refractivity contribution is 7.89. The first-order valence-electron chi connectivity index (χ1n) is 9.66. The zero-order valence-corrected chi connectivity index (χ0v) is 17.7. The van der Waals surface area contributed by atoms with Crippen LogP contribution in [0, 0.1) is 13.8 Å². The molecule has 0 aliphatic carbocycles. The predicted molar refractivity (Wildman–Crippen MR) is 109 cm³/mol. The maximum absolute atomic E-state index is 12.9. The van der Waals surface area contributed by atoms with Crippen LogP contribution in [0.2, 0.25) is 0 Å². The largest absolute Gasteiger partial charge is 0.360 e. The highest BCUT2D eigenvalue weighted by Crippen LogP contribution is 2.24. The number of sulfonamides is 1. The second-order valence-electron chi connectivity index (χ2n) is 7.23. The van der Waals surface area contributed by atoms with Gasteiger partial charge in [0.1, 0.15) is 10.6 Å². The van der Waals surface area contributed by atoms with Crippen molar-refractivity contribution in [2.45, 2.75) is 25.2 Å². The lowest BCUT2D eigenvalue weighted by atomic mass is 10.1. The van der Waals surface area contributed by atoms with Gasteiger partial charge in [-0.1, -0.05) is 17.3 Å². The predicted octanol–water partition coefficient (Wildman–Crippen LogP) is 1.55. The number of carbonyl (C=O) groups excluding carboxylic acids is 1. The Morgan fingerprint density at radius 1 is 1.10 bits per heavy atom. The molecule has 1 aliphatic heterocycles. The Morgan fingerprint density at radius 2 is 1.80 bits per heavy atom. The lowest BCUT2D eigenvalue weighted by Crippen LogP contribution is -2.51. The molecule has 2 aromatic heterocycles. The van der Waals surface area contributed by atoms with E-state index in [1.165, 1.54) is 4.31 Å². The number of carbonyl (C=O) groups is 1. The van der Waals surface area contributed by atoms with E-state index in [1.807, 2.05) is 36.5 Å². The van der Waals surface area contributed by atoms with Gasteiger partial charge in [-0.05, 0) is 37.6 Å². The third-order valence-electron chi connectivity index (χ3n) is 5.22. The van der Waals surface area contributed by atoms with Crippen LogP contribution < -0.4 is 0 Å². The van der Waals surface area contributed by atoms with E-state index < -0.39 is 10.0 Å². The van der Waals surface area contributed by atoms with Gasteiger partial charge in [0.25, 0.3) is 0 Å². The molecule has 0 N–H and O–H groups in total. The van der Waals surface area contributed by atoms with Crippen LogP contribution in [-0.4, -0.2) is 64.6 Å². The Balaban J connectivity index is 1.36. The summed E-state index contributed by atoms with van der Waals surface area (Å²) in [5, 5.41) is 7.92. The van der Waals surface area contributed by atoms with Crippen molar-refractivity contribution < 1.29 is 17.7 Å². The average Bonchev–Trinajstić information content (AvgIpc) is 3.39. The molecule has 0 saturated carbocycles. The van der Waals surface area contributed by atoms with Crippen molar-refractivity contribution in [2.24, 2.45) is 0 Å². The molecular formula is C20H23N5O4S. The fraction of sp³-hybridized carbons (Fsp3) is 0.350. The Bertz CT molecular complexity index is 1110. The summed E-state index contributed by atoms with van der Waals surface area (Å²) in [6.45, 7) is 4.40. The Kier molecular flexibility index (Phi) is 5.44. The fourth-order valence-electron chi connectivity index (χ4n) is 3.62. The third kappa shape index (κ3) is 3.88. The van der Waals surface area contributed by atoms with Crippen molar-refractivity contribution in [2.75, 3.05) is 26.2 Å². The second-order valence-corrected chi connectivity index (χ2v) is 9.11. The van der Waals surface area contributed by atoms with Crippen molar-refractivity contribution in [3.8, 4) is 5.69 Å². The normalized spacial score (nSPS) is 15.5. The molecule has 0 radical (unpaired) electrons. The lowest BCUT2D eigenvalue weighted by molar-refractivity contribution is -0.131. The maximum atomic E-state index is 12.9. The van der Waals surface area contributed by atoms with Gasteiger partial charge in [0.2, 0.25) is 15.9 Å². The molecule has 1 fully saturated rings. The summed E-state index contributed by atoms with van der Waals surface area (Å²) in [5.74, 6) is 0.265. The minimum absolute atomic E-state index is 0.0174. The second kappa shape index (κ2) is 8.04. The number of aromatic nitrogens is 3. The smallest absolute Gasteiger partial charge is 0.248 e. The van der Waals surface area contributed by atoms with Crippen LogP contribution in [0.25, 0.3) is 5.69 Å². The first-order chi connectivity index (χ1) is 14.4. The van der Waals surface area contributed by atoms with E-state index >= 15 is 0 Å². The van der Waals surface area contributed by atoms with Gasteiger partial charge in [-0.3, -0.25) is 4.79 Å². The molecule has 1 aromatic carbocycles.